The minimum Gasteiger partial charge on any atom is -0.388 e. The highest BCUT2D eigenvalue weighted by molar-refractivity contribution is 7.91. The maximum atomic E-state index is 11.8. The highest BCUT2D eigenvalue weighted by Crippen LogP contribution is 2.23. The maximum absolute atomic E-state index is 11.8. The van der Waals surface area contributed by atoms with E-state index in [2.05, 4.69) is 39.4 Å². The number of carbonyl (C=O) groups excluding carboxylic acids is 1. The van der Waals surface area contributed by atoms with Crippen LogP contribution in [0.1, 0.15) is 37.4 Å². The molecule has 1 amide bonds. The number of hydrogen-bond acceptors (Lipinski definition) is 6. The molecule has 0 saturated carbocycles. The first kappa shape index (κ1) is 25.2. The van der Waals surface area contributed by atoms with E-state index in [1.165, 1.54) is 5.69 Å². The number of para-hydroxylation sites is 1. The lowest BCUT2D eigenvalue weighted by atomic mass is 10.0. The minimum absolute atomic E-state index is 0.495. The summed E-state index contributed by atoms with van der Waals surface area (Å²) in [5.74, 6) is -1.13. The van der Waals surface area contributed by atoms with E-state index < -0.39 is 27.6 Å². The zero-order chi connectivity index (χ0) is 23.7. The molecule has 8 heteroatoms. The molecule has 1 aliphatic rings. The number of hydrogen-bond donors (Lipinski definition) is 2. The van der Waals surface area contributed by atoms with Gasteiger partial charge < -0.3 is 15.3 Å². The Hall–Kier alpha value is -2.42. The van der Waals surface area contributed by atoms with Gasteiger partial charge in [-0.3, -0.25) is 9.69 Å². The first-order chi connectivity index (χ1) is 15.8. The molecular formula is C25H35N3O4S. The van der Waals surface area contributed by atoms with Crippen LogP contribution in [0.4, 0.5) is 11.4 Å². The summed E-state index contributed by atoms with van der Waals surface area (Å²) in [5, 5.41) is 13.1. The molecule has 0 radical (unpaired) electrons. The molecule has 180 valence electrons. The van der Waals surface area contributed by atoms with E-state index in [1.807, 2.05) is 12.1 Å². The van der Waals surface area contributed by atoms with Crippen LogP contribution in [0, 0.1) is 0 Å². The van der Waals surface area contributed by atoms with Gasteiger partial charge in [0.05, 0.1) is 6.10 Å². The van der Waals surface area contributed by atoms with Crippen molar-refractivity contribution < 1.29 is 18.3 Å². The zero-order valence-electron chi connectivity index (χ0n) is 19.3. The Morgan fingerprint density at radius 1 is 1.00 bits per heavy atom. The fourth-order valence-corrected chi connectivity index (χ4v) is 4.69. The van der Waals surface area contributed by atoms with Crippen LogP contribution in [0.25, 0.3) is 0 Å². The number of nitrogens with one attached hydrogen (secondary N) is 1. The van der Waals surface area contributed by atoms with Crippen LogP contribution in [0.3, 0.4) is 0 Å². The summed E-state index contributed by atoms with van der Waals surface area (Å²) in [6.45, 7) is 5.35. The van der Waals surface area contributed by atoms with Gasteiger partial charge in [-0.2, -0.15) is 0 Å². The molecule has 1 fully saturated rings. The maximum Gasteiger partial charge on any atom is 0.239 e. The monoisotopic (exact) mass is 473 g/mol. The summed E-state index contributed by atoms with van der Waals surface area (Å²) < 4.78 is 22.5. The number of sulfone groups is 1. The number of aliphatic hydroxyl groups excluding tert-OH is 1. The molecule has 0 bridgehead atoms. The average molecular weight is 474 g/mol. The van der Waals surface area contributed by atoms with Crippen LogP contribution in [0.15, 0.2) is 54.6 Å². The number of nitrogens with zero attached hydrogens (tertiary/aromatic N) is 2. The molecule has 7 nitrogen and oxygen atoms in total. The minimum atomic E-state index is -3.38. The van der Waals surface area contributed by atoms with Gasteiger partial charge in [0, 0.05) is 43.8 Å². The predicted octanol–water partition coefficient (Wildman–Crippen LogP) is 3.09. The summed E-state index contributed by atoms with van der Waals surface area (Å²) in [6, 6.07) is 17.5. The van der Waals surface area contributed by atoms with Crippen molar-refractivity contribution in [3.05, 3.63) is 60.2 Å². The molecule has 1 heterocycles. The summed E-state index contributed by atoms with van der Waals surface area (Å²) in [6.07, 6.45) is 4.17. The van der Waals surface area contributed by atoms with E-state index in [1.54, 1.807) is 18.2 Å². The van der Waals surface area contributed by atoms with Gasteiger partial charge in [0.2, 0.25) is 5.91 Å². The molecule has 33 heavy (non-hydrogen) atoms. The number of unbranched alkanes of at least 4 members (excludes halogenated alkanes) is 2. The second kappa shape index (κ2) is 12.2. The number of rotatable bonds is 11. The highest BCUT2D eigenvalue weighted by Gasteiger charge is 2.17. The van der Waals surface area contributed by atoms with Gasteiger partial charge in [-0.25, -0.2) is 8.42 Å². The van der Waals surface area contributed by atoms with Gasteiger partial charge in [0.15, 0.2) is 9.84 Å². The molecule has 0 aliphatic carbocycles. The van der Waals surface area contributed by atoms with Crippen molar-refractivity contribution in [1.29, 1.82) is 0 Å². The van der Waals surface area contributed by atoms with Crippen molar-refractivity contribution in [2.75, 3.05) is 54.9 Å². The second-order valence-electron chi connectivity index (χ2n) is 8.77. The summed E-state index contributed by atoms with van der Waals surface area (Å²) in [5.41, 5.74) is 2.52. The molecule has 1 aliphatic heterocycles. The Labute approximate surface area is 197 Å². The molecule has 1 unspecified atom stereocenters. The molecule has 3 rings (SSSR count). The van der Waals surface area contributed by atoms with E-state index in [-0.39, 0.29) is 0 Å². The topological polar surface area (TPSA) is 89.9 Å². The number of carbonyl (C=O) groups is 1. The highest BCUT2D eigenvalue weighted by atomic mass is 32.2. The molecule has 0 aromatic heterocycles. The normalized spacial score (nSPS) is 15.9. The molecule has 2 N–H and O–H groups in total. The third kappa shape index (κ3) is 8.79. The Morgan fingerprint density at radius 2 is 1.73 bits per heavy atom. The van der Waals surface area contributed by atoms with Gasteiger partial charge in [-0.05, 0) is 49.2 Å². The van der Waals surface area contributed by atoms with Crippen LogP contribution in [0.5, 0.6) is 0 Å². The van der Waals surface area contributed by atoms with Crippen molar-refractivity contribution in [3.63, 3.8) is 0 Å². The Morgan fingerprint density at radius 3 is 2.42 bits per heavy atom. The lowest BCUT2D eigenvalue weighted by molar-refractivity contribution is -0.113. The van der Waals surface area contributed by atoms with Crippen molar-refractivity contribution in [1.82, 2.24) is 4.90 Å². The Bertz CT molecular complexity index is 990. The van der Waals surface area contributed by atoms with Gasteiger partial charge in [0.1, 0.15) is 5.75 Å². The average Bonchev–Trinajstić information content (AvgIpc) is 2.78. The standard InChI is InChI=1S/C25H35N3O4S/c1-33(31,32)20-25(30)26-22-10-8-9-21(19-22)24(29)13-6-3-7-14-27-15-17-28(18-16-27)23-11-4-2-5-12-23/h2,4-5,8-12,19,24,29H,3,6-7,13-18,20H2,1H3,(H,26,30). The van der Waals surface area contributed by atoms with E-state index in [9.17, 15) is 18.3 Å². The summed E-state index contributed by atoms with van der Waals surface area (Å²) >= 11 is 0. The van der Waals surface area contributed by atoms with Gasteiger partial charge >= 0.3 is 0 Å². The number of aliphatic hydroxyl groups is 1. The van der Waals surface area contributed by atoms with E-state index in [4.69, 9.17) is 0 Å². The number of piperazine rings is 1. The Kier molecular flexibility index (Phi) is 9.29. The van der Waals surface area contributed by atoms with Crippen molar-refractivity contribution in [2.45, 2.75) is 31.8 Å². The zero-order valence-corrected chi connectivity index (χ0v) is 20.1. The number of anilines is 2. The predicted molar refractivity (Wildman–Crippen MR) is 133 cm³/mol. The second-order valence-corrected chi connectivity index (χ2v) is 10.9. The lowest BCUT2D eigenvalue weighted by Gasteiger charge is -2.36. The first-order valence-corrected chi connectivity index (χ1v) is 13.6. The van der Waals surface area contributed by atoms with E-state index in [0.717, 1.165) is 63.8 Å². The molecular weight excluding hydrogens is 438 g/mol. The molecule has 2 aromatic carbocycles. The van der Waals surface area contributed by atoms with Crippen molar-refractivity contribution >= 4 is 27.1 Å². The SMILES string of the molecule is CS(=O)(=O)CC(=O)Nc1cccc(C(O)CCCCCN2CCN(c3ccccc3)CC2)c1. The molecule has 1 saturated heterocycles. The third-order valence-electron chi connectivity index (χ3n) is 5.89. The number of benzene rings is 2. The first-order valence-electron chi connectivity index (χ1n) is 11.6. The van der Waals surface area contributed by atoms with Gasteiger partial charge in [-0.1, -0.05) is 43.2 Å². The van der Waals surface area contributed by atoms with E-state index in [0.29, 0.717) is 12.1 Å². The lowest BCUT2D eigenvalue weighted by Crippen LogP contribution is -2.46. The number of amides is 1. The largest absolute Gasteiger partial charge is 0.388 e. The molecule has 1 atom stereocenters. The molecule has 2 aromatic rings. The van der Waals surface area contributed by atoms with Gasteiger partial charge in [-0.15, -0.1) is 0 Å². The van der Waals surface area contributed by atoms with Crippen molar-refractivity contribution in [3.8, 4) is 0 Å². The van der Waals surface area contributed by atoms with E-state index >= 15 is 0 Å². The van der Waals surface area contributed by atoms with Crippen LogP contribution in [0.2, 0.25) is 0 Å². The molecule has 0 spiro atoms. The van der Waals surface area contributed by atoms with Crippen LogP contribution in [-0.2, 0) is 14.6 Å². The van der Waals surface area contributed by atoms with Crippen LogP contribution in [-0.4, -0.2) is 69.1 Å². The van der Waals surface area contributed by atoms with Crippen molar-refractivity contribution in [2.24, 2.45) is 0 Å². The third-order valence-corrected chi connectivity index (χ3v) is 6.68. The fourth-order valence-electron chi connectivity index (χ4n) is 4.14. The van der Waals surface area contributed by atoms with Gasteiger partial charge in [0.25, 0.3) is 0 Å². The quantitative estimate of drug-likeness (QED) is 0.488. The smallest absolute Gasteiger partial charge is 0.239 e. The summed E-state index contributed by atoms with van der Waals surface area (Å²) in [7, 11) is -3.38. The fraction of sp³-hybridized carbons (Fsp3) is 0.480. The summed E-state index contributed by atoms with van der Waals surface area (Å²) in [4.78, 5) is 16.8. The Balaban J connectivity index is 1.33. The van der Waals surface area contributed by atoms with Crippen LogP contribution >= 0.6 is 0 Å². The van der Waals surface area contributed by atoms with Crippen LogP contribution < -0.4 is 10.2 Å².